The van der Waals surface area contributed by atoms with Crippen molar-refractivity contribution < 1.29 is 4.74 Å². The van der Waals surface area contributed by atoms with Gasteiger partial charge < -0.3 is 4.74 Å². The third kappa shape index (κ3) is 1.70. The molecule has 1 aromatic rings. The first kappa shape index (κ1) is 9.34. The van der Waals surface area contributed by atoms with Crippen molar-refractivity contribution in [3.63, 3.8) is 0 Å². The minimum absolute atomic E-state index is 0.471. The molecule has 13 heavy (non-hydrogen) atoms. The van der Waals surface area contributed by atoms with Gasteiger partial charge in [-0.1, -0.05) is 11.6 Å². The third-order valence-corrected chi connectivity index (χ3v) is 3.66. The van der Waals surface area contributed by atoms with Gasteiger partial charge in [0.2, 0.25) is 0 Å². The summed E-state index contributed by atoms with van der Waals surface area (Å²) >= 11 is 9.76. The highest BCUT2D eigenvalue weighted by Crippen LogP contribution is 2.51. The molecule has 5 heteroatoms. The van der Waals surface area contributed by atoms with Crippen molar-refractivity contribution >= 4 is 27.5 Å². The van der Waals surface area contributed by atoms with E-state index in [9.17, 15) is 0 Å². The monoisotopic (exact) mass is 264 g/mol. The van der Waals surface area contributed by atoms with Crippen molar-refractivity contribution in [2.75, 3.05) is 7.11 Å². The van der Waals surface area contributed by atoms with Crippen LogP contribution in [0.1, 0.15) is 12.8 Å². The van der Waals surface area contributed by atoms with Gasteiger partial charge in [-0.25, -0.2) is 4.68 Å². The summed E-state index contributed by atoms with van der Waals surface area (Å²) in [6.45, 7) is 0. The third-order valence-electron chi connectivity index (χ3n) is 2.17. The average molecular weight is 266 g/mol. The number of halogens is 2. The lowest BCUT2D eigenvalue weighted by atomic mass is 10.4. The Morgan fingerprint density at radius 3 is 2.92 bits per heavy atom. The first-order chi connectivity index (χ1) is 6.14. The summed E-state index contributed by atoms with van der Waals surface area (Å²) in [5, 5.41) is 4.13. The van der Waals surface area contributed by atoms with Crippen molar-refractivity contribution in [1.82, 2.24) is 9.78 Å². The van der Waals surface area contributed by atoms with Crippen LogP contribution in [0.4, 0.5) is 0 Å². The normalized spacial score (nSPS) is 21.2. The summed E-state index contributed by atoms with van der Waals surface area (Å²) in [5.41, 5.74) is 0. The van der Waals surface area contributed by atoms with Gasteiger partial charge >= 0.3 is 0 Å². The van der Waals surface area contributed by atoms with Crippen LogP contribution in [0.25, 0.3) is 0 Å². The Bertz CT molecular complexity index is 309. The highest BCUT2D eigenvalue weighted by atomic mass is 79.9. The van der Waals surface area contributed by atoms with E-state index in [1.807, 2.05) is 0 Å². The molecule has 1 aromatic heterocycles. The molecular formula is C8H10BrClN2O. The second kappa shape index (κ2) is 3.17. The molecule has 1 aliphatic carbocycles. The molecule has 72 valence electrons. The summed E-state index contributed by atoms with van der Waals surface area (Å²) in [5.74, 6) is 1.20. The van der Waals surface area contributed by atoms with Crippen LogP contribution in [0.15, 0.2) is 12.4 Å². The lowest BCUT2D eigenvalue weighted by Gasteiger charge is -2.19. The number of alkyl halides is 2. The number of methoxy groups -OCH3 is 1. The predicted molar refractivity (Wildman–Crippen MR) is 54.3 cm³/mol. The highest BCUT2D eigenvalue weighted by molar-refractivity contribution is 9.10. The second-order valence-electron chi connectivity index (χ2n) is 3.19. The molecule has 0 N–H and O–H groups in total. The van der Waals surface area contributed by atoms with E-state index >= 15 is 0 Å². The Kier molecular flexibility index (Phi) is 2.28. The standard InChI is InChI=1S/C8H10BrClN2O/c1-13-7-4-11-12(5-7)8(9,10)6-2-3-6/h4-6H,2-3H2,1H3. The largest absolute Gasteiger partial charge is 0.493 e. The molecule has 0 amide bonds. The minimum Gasteiger partial charge on any atom is -0.493 e. The Labute approximate surface area is 90.1 Å². The lowest BCUT2D eigenvalue weighted by Crippen LogP contribution is -2.22. The van der Waals surface area contributed by atoms with E-state index < -0.39 is 3.91 Å². The lowest BCUT2D eigenvalue weighted by molar-refractivity contribution is 0.412. The number of ether oxygens (including phenoxy) is 1. The molecule has 1 fully saturated rings. The van der Waals surface area contributed by atoms with Crippen molar-refractivity contribution in [2.45, 2.75) is 16.7 Å². The molecular weight excluding hydrogens is 255 g/mol. The average Bonchev–Trinajstić information content (AvgIpc) is 2.84. The Morgan fingerprint density at radius 1 is 1.77 bits per heavy atom. The zero-order chi connectivity index (χ0) is 9.47. The van der Waals surface area contributed by atoms with E-state index in [2.05, 4.69) is 21.0 Å². The van der Waals surface area contributed by atoms with Crippen molar-refractivity contribution in [1.29, 1.82) is 0 Å². The van der Waals surface area contributed by atoms with Gasteiger partial charge in [-0.05, 0) is 28.8 Å². The maximum atomic E-state index is 6.29. The fourth-order valence-corrected chi connectivity index (χ4v) is 2.15. The van der Waals surface area contributed by atoms with Crippen LogP contribution in [0.2, 0.25) is 0 Å². The van der Waals surface area contributed by atoms with Gasteiger partial charge in [0.25, 0.3) is 0 Å². The Balaban J connectivity index is 2.22. The van der Waals surface area contributed by atoms with E-state index in [0.29, 0.717) is 5.92 Å². The zero-order valence-corrected chi connectivity index (χ0v) is 9.55. The number of nitrogens with zero attached hydrogens (tertiary/aromatic N) is 2. The molecule has 0 aromatic carbocycles. The zero-order valence-electron chi connectivity index (χ0n) is 7.20. The molecule has 1 heterocycles. The van der Waals surface area contributed by atoms with Gasteiger partial charge in [-0.2, -0.15) is 5.10 Å². The number of aromatic nitrogens is 2. The van der Waals surface area contributed by atoms with E-state index in [0.717, 1.165) is 18.6 Å². The van der Waals surface area contributed by atoms with Crippen LogP contribution in [0.5, 0.6) is 5.75 Å². The van der Waals surface area contributed by atoms with Crippen LogP contribution < -0.4 is 4.74 Å². The summed E-state index contributed by atoms with van der Waals surface area (Å²) in [4.78, 5) is 0. The number of hydrogen-bond acceptors (Lipinski definition) is 2. The summed E-state index contributed by atoms with van der Waals surface area (Å²) in [6.07, 6.45) is 5.74. The van der Waals surface area contributed by atoms with Gasteiger partial charge in [0.1, 0.15) is 0 Å². The van der Waals surface area contributed by atoms with E-state index in [4.69, 9.17) is 16.3 Å². The van der Waals surface area contributed by atoms with E-state index in [1.54, 1.807) is 24.2 Å². The van der Waals surface area contributed by atoms with Crippen LogP contribution in [-0.4, -0.2) is 16.9 Å². The molecule has 0 spiro atoms. The van der Waals surface area contributed by atoms with Gasteiger partial charge in [0.05, 0.1) is 19.5 Å². The molecule has 2 rings (SSSR count). The quantitative estimate of drug-likeness (QED) is 0.785. The van der Waals surface area contributed by atoms with Gasteiger partial charge in [0, 0.05) is 5.92 Å². The maximum Gasteiger partial charge on any atom is 0.193 e. The van der Waals surface area contributed by atoms with Crippen molar-refractivity contribution in [3.05, 3.63) is 12.4 Å². The van der Waals surface area contributed by atoms with Gasteiger partial charge in [0.15, 0.2) is 9.66 Å². The van der Waals surface area contributed by atoms with Gasteiger partial charge in [-0.3, -0.25) is 0 Å². The Morgan fingerprint density at radius 2 is 2.46 bits per heavy atom. The summed E-state index contributed by atoms with van der Waals surface area (Å²) in [6, 6.07) is 0. The maximum absolute atomic E-state index is 6.29. The van der Waals surface area contributed by atoms with Gasteiger partial charge in [-0.15, -0.1) is 0 Å². The van der Waals surface area contributed by atoms with Crippen LogP contribution in [0.3, 0.4) is 0 Å². The fraction of sp³-hybridized carbons (Fsp3) is 0.625. The smallest absolute Gasteiger partial charge is 0.193 e. The molecule has 0 aliphatic heterocycles. The molecule has 0 saturated heterocycles. The topological polar surface area (TPSA) is 27.1 Å². The SMILES string of the molecule is COc1cnn(C(Cl)(Br)C2CC2)c1. The number of rotatable bonds is 3. The molecule has 1 atom stereocenters. The Hall–Kier alpha value is -0.220. The molecule has 1 saturated carbocycles. The molecule has 1 aliphatic rings. The van der Waals surface area contributed by atoms with Crippen molar-refractivity contribution in [3.8, 4) is 5.75 Å². The fourth-order valence-electron chi connectivity index (χ4n) is 1.19. The van der Waals surface area contributed by atoms with Crippen LogP contribution in [0, 0.1) is 5.92 Å². The molecule has 3 nitrogen and oxygen atoms in total. The summed E-state index contributed by atoms with van der Waals surface area (Å²) in [7, 11) is 1.61. The highest BCUT2D eigenvalue weighted by Gasteiger charge is 2.44. The molecule has 1 unspecified atom stereocenters. The molecule has 0 radical (unpaired) electrons. The molecule has 0 bridgehead atoms. The predicted octanol–water partition coefficient (Wildman–Crippen LogP) is 2.55. The van der Waals surface area contributed by atoms with E-state index in [1.165, 1.54) is 0 Å². The van der Waals surface area contributed by atoms with E-state index in [-0.39, 0.29) is 0 Å². The minimum atomic E-state index is -0.566. The summed E-state index contributed by atoms with van der Waals surface area (Å²) < 4.78 is 6.16. The first-order valence-corrected chi connectivity index (χ1v) is 5.28. The number of hydrogen-bond donors (Lipinski definition) is 0. The van der Waals surface area contributed by atoms with Crippen LogP contribution in [-0.2, 0) is 3.91 Å². The first-order valence-electron chi connectivity index (χ1n) is 4.11. The van der Waals surface area contributed by atoms with Crippen molar-refractivity contribution in [2.24, 2.45) is 5.92 Å². The van der Waals surface area contributed by atoms with Crippen LogP contribution >= 0.6 is 27.5 Å². The second-order valence-corrected chi connectivity index (χ2v) is 5.43.